The maximum absolute atomic E-state index is 11.3. The Morgan fingerprint density at radius 3 is 1.16 bits per heavy atom. The molecule has 0 radical (unpaired) electrons. The first-order chi connectivity index (χ1) is 36.7. The molecule has 18 heteroatoms. The zero-order chi connectivity index (χ0) is 53.6. The number of aryl methyl sites for hydroxylation is 2. The van der Waals surface area contributed by atoms with E-state index in [4.69, 9.17) is 69.5 Å². The van der Waals surface area contributed by atoms with Crippen LogP contribution >= 0.6 is 23.2 Å². The number of aromatic nitrogens is 2. The average Bonchev–Trinajstić information content (AvgIpc) is 4.31. The summed E-state index contributed by atoms with van der Waals surface area (Å²) in [6, 6.07) is 19.5. The second-order valence-corrected chi connectivity index (χ2v) is 22.5. The van der Waals surface area contributed by atoms with Gasteiger partial charge < -0.3 is 33.1 Å². The smallest absolute Gasteiger partial charge is 0.354 e. The Morgan fingerprint density at radius 2 is 0.855 bits per heavy atom. The van der Waals surface area contributed by atoms with Gasteiger partial charge in [0.2, 0.25) is 11.4 Å². The third kappa shape index (κ3) is 11.9. The van der Waals surface area contributed by atoms with E-state index in [1.165, 1.54) is 77.0 Å². The third-order valence-electron chi connectivity index (χ3n) is 17.0. The molecule has 8 atom stereocenters. The third-order valence-corrected chi connectivity index (χ3v) is 17.6. The number of aromatic carboxylic acids is 2. The van der Waals surface area contributed by atoms with Crippen LogP contribution in [0.1, 0.15) is 159 Å². The fraction of sp³-hybridized carbons (Fsp3) is 0.517. The first-order valence-electron chi connectivity index (χ1n) is 27.3. The van der Waals surface area contributed by atoms with E-state index < -0.39 is 11.9 Å². The van der Waals surface area contributed by atoms with E-state index in [-0.39, 0.29) is 59.5 Å². The lowest BCUT2D eigenvalue weighted by Crippen LogP contribution is -2.43. The molecule has 4 fully saturated rings. The molecule has 2 aromatic heterocycles. The molecule has 2 aliphatic heterocycles. The summed E-state index contributed by atoms with van der Waals surface area (Å²) in [5.74, 6) is -0.317. The van der Waals surface area contributed by atoms with Crippen molar-refractivity contribution < 1.29 is 19.8 Å². The molecule has 10 N–H and O–H groups in total. The highest BCUT2D eigenvalue weighted by atomic mass is 35.5. The number of fused-ring (bicyclic) bond motifs is 6. The van der Waals surface area contributed by atoms with Gasteiger partial charge in [0.1, 0.15) is 11.4 Å². The molecule has 4 saturated carbocycles. The SMILES string of the molecule is N[C@@H]1CCCC[C@H]1N.N[C@@H]1CCCC[C@H]1N.[C-]#[N+]c1ccc(N2N=C3c4ccc(C(=O)O)nc4CCC3C2C2CCCC2)cc1Cl.[C-]#[N+]c1ccc(N2N=C3c4ccc(C(=O)O)nc4CC[C@@H]3[C@@H]2C2CCCC2)cc1Cl. The van der Waals surface area contributed by atoms with E-state index in [2.05, 4.69) is 29.7 Å². The zero-order valence-electron chi connectivity index (χ0n) is 43.0. The van der Waals surface area contributed by atoms with Gasteiger partial charge in [-0.05, 0) is 137 Å². The van der Waals surface area contributed by atoms with Crippen LogP contribution in [0, 0.1) is 36.8 Å². The van der Waals surface area contributed by atoms with E-state index in [1.54, 1.807) is 24.3 Å². The van der Waals surface area contributed by atoms with Crippen LogP contribution in [0.15, 0.2) is 70.9 Å². The Balaban J connectivity index is 0.000000144. The summed E-state index contributed by atoms with van der Waals surface area (Å²) in [6.07, 6.45) is 22.7. The molecular weight excluding hydrogens is 1000 g/mol. The minimum atomic E-state index is -1.01. The summed E-state index contributed by atoms with van der Waals surface area (Å²) in [4.78, 5) is 38.3. The van der Waals surface area contributed by atoms with Gasteiger partial charge in [0.15, 0.2) is 0 Å². The summed E-state index contributed by atoms with van der Waals surface area (Å²) in [6.45, 7) is 14.5. The maximum Gasteiger partial charge on any atom is 0.354 e. The average molecular weight is 1070 g/mol. The van der Waals surface area contributed by atoms with Crippen LogP contribution in [0.25, 0.3) is 9.69 Å². The number of carbonyl (C=O) groups is 2. The summed E-state index contributed by atoms with van der Waals surface area (Å²) in [5, 5.41) is 33.8. The monoisotopic (exact) mass is 1070 g/mol. The van der Waals surface area contributed by atoms with Crippen LogP contribution in [0.2, 0.25) is 10.0 Å². The molecule has 4 heterocycles. The van der Waals surface area contributed by atoms with Crippen molar-refractivity contribution in [3.05, 3.63) is 127 Å². The van der Waals surface area contributed by atoms with Gasteiger partial charge in [-0.1, -0.05) is 86.7 Å². The molecule has 6 aliphatic carbocycles. The molecule has 2 aromatic carbocycles. The van der Waals surface area contributed by atoms with Gasteiger partial charge in [-0.2, -0.15) is 10.2 Å². The van der Waals surface area contributed by atoms with Crippen LogP contribution in [-0.2, 0) is 12.8 Å². The van der Waals surface area contributed by atoms with Crippen molar-refractivity contribution in [3.8, 4) is 0 Å². The van der Waals surface area contributed by atoms with Gasteiger partial charge >= 0.3 is 11.9 Å². The molecule has 400 valence electrons. The number of carboxylic acid groups (broad SMARTS) is 2. The van der Waals surface area contributed by atoms with E-state index in [0.29, 0.717) is 33.3 Å². The second-order valence-electron chi connectivity index (χ2n) is 21.7. The van der Waals surface area contributed by atoms with Crippen LogP contribution < -0.4 is 33.0 Å². The number of hydrazone groups is 2. The highest BCUT2D eigenvalue weighted by Gasteiger charge is 2.47. The van der Waals surface area contributed by atoms with Crippen LogP contribution in [0.4, 0.5) is 22.7 Å². The number of carboxylic acids is 2. The Hall–Kier alpha value is -5.98. The zero-order valence-corrected chi connectivity index (χ0v) is 44.6. The van der Waals surface area contributed by atoms with Gasteiger partial charge in [-0.15, -0.1) is 0 Å². The number of hydrogen-bond acceptors (Lipinski definition) is 12. The first-order valence-corrected chi connectivity index (χ1v) is 28.1. The largest absolute Gasteiger partial charge is 0.477 e. The molecule has 8 aliphatic rings. The molecule has 0 spiro atoms. The summed E-state index contributed by atoms with van der Waals surface area (Å²) in [7, 11) is 0. The molecule has 2 unspecified atom stereocenters. The highest BCUT2D eigenvalue weighted by molar-refractivity contribution is 6.34. The molecule has 0 bridgehead atoms. The summed E-state index contributed by atoms with van der Waals surface area (Å²) >= 11 is 12.7. The molecule has 76 heavy (non-hydrogen) atoms. The van der Waals surface area contributed by atoms with Gasteiger partial charge in [0.05, 0.1) is 59.4 Å². The van der Waals surface area contributed by atoms with Crippen molar-refractivity contribution in [3.63, 3.8) is 0 Å². The number of rotatable bonds is 6. The molecular formula is C58H70Cl2N12O4. The van der Waals surface area contributed by atoms with E-state index >= 15 is 0 Å². The summed E-state index contributed by atoms with van der Waals surface area (Å²) in [5.41, 5.74) is 31.0. The second kappa shape index (κ2) is 24.6. The van der Waals surface area contributed by atoms with E-state index in [9.17, 15) is 19.8 Å². The minimum Gasteiger partial charge on any atom is -0.477 e. The highest BCUT2D eigenvalue weighted by Crippen LogP contribution is 2.47. The molecule has 4 aromatic rings. The number of nitrogens with zero attached hydrogens (tertiary/aromatic N) is 8. The Labute approximate surface area is 455 Å². The predicted octanol–water partition coefficient (Wildman–Crippen LogP) is 11.1. The lowest BCUT2D eigenvalue weighted by Gasteiger charge is -2.34. The molecule has 12 rings (SSSR count). The number of pyridine rings is 2. The van der Waals surface area contributed by atoms with E-state index in [1.807, 2.05) is 36.4 Å². The van der Waals surface area contributed by atoms with Crippen molar-refractivity contribution in [1.82, 2.24) is 9.97 Å². The van der Waals surface area contributed by atoms with Crippen LogP contribution in [0.3, 0.4) is 0 Å². The van der Waals surface area contributed by atoms with Crippen LogP contribution in [-0.4, -0.2) is 79.8 Å². The van der Waals surface area contributed by atoms with Gasteiger partial charge in [-0.3, -0.25) is 10.0 Å². The van der Waals surface area contributed by atoms with Gasteiger partial charge in [0.25, 0.3) is 0 Å². The van der Waals surface area contributed by atoms with E-state index in [0.717, 1.165) is 96.7 Å². The Kier molecular flexibility index (Phi) is 17.7. The van der Waals surface area contributed by atoms with Crippen molar-refractivity contribution in [2.45, 2.75) is 165 Å². The minimum absolute atomic E-state index is 0.0801. The number of hydrogen-bond donors (Lipinski definition) is 6. The summed E-state index contributed by atoms with van der Waals surface area (Å²) < 4.78 is 0. The number of halogens is 2. The fourth-order valence-electron chi connectivity index (χ4n) is 12.9. The van der Waals surface area contributed by atoms with Gasteiger partial charge in [-0.25, -0.2) is 29.2 Å². The first kappa shape index (κ1) is 54.8. The van der Waals surface area contributed by atoms with Crippen molar-refractivity contribution >= 4 is 69.3 Å². The quantitative estimate of drug-likeness (QED) is 0.0988. The van der Waals surface area contributed by atoms with Gasteiger partial charge in [0, 0.05) is 57.2 Å². The van der Waals surface area contributed by atoms with Crippen LogP contribution in [0.5, 0.6) is 0 Å². The van der Waals surface area contributed by atoms with Crippen molar-refractivity contribution in [2.24, 2.45) is 56.8 Å². The fourth-order valence-corrected chi connectivity index (χ4v) is 13.4. The number of nitrogens with two attached hydrogens (primary N) is 4. The Morgan fingerprint density at radius 1 is 0.513 bits per heavy atom. The number of anilines is 2. The van der Waals surface area contributed by atoms with Crippen molar-refractivity contribution in [1.29, 1.82) is 0 Å². The predicted molar refractivity (Wildman–Crippen MR) is 300 cm³/mol. The number of benzene rings is 2. The lowest BCUT2D eigenvalue weighted by atomic mass is 9.76. The Bertz CT molecular complexity index is 2710. The standard InChI is InChI=1S/2C23H21ClN4O2.2C6H14N2/c2*1-25-19-9-6-14(12-17(19)24)28-22(13-4-2-3-5-13)16-8-10-18-15(21(16)27-28)7-11-20(26-18)23(29)30;2*7-5-3-1-2-4-6(5)8/h2*6-7,9,11-13,16,22H,2-5,8,10H2,(H,29,30);2*5-6H,1-4,7-8H2/t16-,22-;;2*5-,6-/m0.11/s1. The maximum atomic E-state index is 11.3. The topological polar surface area (TPSA) is 244 Å². The van der Waals surface area contributed by atoms with Crippen molar-refractivity contribution in [2.75, 3.05) is 10.0 Å². The molecule has 16 nitrogen and oxygen atoms in total. The normalized spacial score (nSPS) is 26.5. The lowest BCUT2D eigenvalue weighted by molar-refractivity contribution is 0.0679. The molecule has 0 saturated heterocycles. The molecule has 0 amide bonds.